The van der Waals surface area contributed by atoms with Crippen LogP contribution in [0.25, 0.3) is 0 Å². The van der Waals surface area contributed by atoms with Gasteiger partial charge in [0.1, 0.15) is 20.0 Å². The standard InChI is InChI=1S/C10H10O2/c1-2-7-12-10-5-3-9(8-11)4-6-10/h2-6,8H,1,7H2/i8D. The molecule has 2 nitrogen and oxygen atoms in total. The number of ether oxygens (including phenoxy) is 1. The predicted octanol–water partition coefficient (Wildman–Crippen LogP) is 2.06. The molecule has 0 aliphatic rings. The Morgan fingerprint density at radius 3 is 2.67 bits per heavy atom. The van der Waals surface area contributed by atoms with Crippen molar-refractivity contribution in [3.8, 4) is 5.75 Å². The first-order valence-electron chi connectivity index (χ1n) is 4.08. The summed E-state index contributed by atoms with van der Waals surface area (Å²) in [6, 6.07) is 6.44. The highest BCUT2D eigenvalue weighted by Crippen LogP contribution is 2.10. The minimum absolute atomic E-state index is 0.367. The van der Waals surface area contributed by atoms with Gasteiger partial charge in [-0.2, -0.15) is 0 Å². The van der Waals surface area contributed by atoms with Crippen LogP contribution in [0.2, 0.25) is 0 Å². The van der Waals surface area contributed by atoms with Gasteiger partial charge in [0.25, 0.3) is 0 Å². The number of rotatable bonds is 4. The van der Waals surface area contributed by atoms with Crippen LogP contribution < -0.4 is 4.74 Å². The largest absolute Gasteiger partial charge is 0.490 e. The van der Waals surface area contributed by atoms with Crippen molar-refractivity contribution < 1.29 is 10.9 Å². The molecule has 0 spiro atoms. The molecule has 0 aliphatic carbocycles. The number of benzene rings is 1. The lowest BCUT2D eigenvalue weighted by Crippen LogP contribution is -1.92. The second-order valence-electron chi connectivity index (χ2n) is 2.23. The molecule has 62 valence electrons. The van der Waals surface area contributed by atoms with Crippen molar-refractivity contribution in [2.45, 2.75) is 0 Å². The lowest BCUT2D eigenvalue weighted by Gasteiger charge is -2.01. The van der Waals surface area contributed by atoms with E-state index in [4.69, 9.17) is 6.11 Å². The Labute approximate surface area is 72.9 Å². The third-order valence-electron chi connectivity index (χ3n) is 1.34. The molecule has 1 aromatic rings. The van der Waals surface area contributed by atoms with Crippen molar-refractivity contribution in [1.29, 1.82) is 0 Å². The van der Waals surface area contributed by atoms with Gasteiger partial charge >= 0.3 is 0 Å². The van der Waals surface area contributed by atoms with E-state index in [1.54, 1.807) is 30.3 Å². The highest BCUT2D eigenvalue weighted by atomic mass is 16.5. The van der Waals surface area contributed by atoms with Gasteiger partial charge in [0, 0.05) is 5.56 Å². The molecule has 0 saturated carbocycles. The molecule has 0 amide bonds. The molecule has 12 heavy (non-hydrogen) atoms. The molecule has 0 aromatic heterocycles. The van der Waals surface area contributed by atoms with Crippen molar-refractivity contribution in [3.63, 3.8) is 0 Å². The summed E-state index contributed by atoms with van der Waals surface area (Å²) >= 11 is 0. The summed E-state index contributed by atoms with van der Waals surface area (Å²) in [6.07, 6.45) is 0.957. The van der Waals surface area contributed by atoms with E-state index in [0.717, 1.165) is 0 Å². The number of carbonyl (C=O) groups excluding carboxylic acids is 1. The Morgan fingerprint density at radius 1 is 1.50 bits per heavy atom. The minimum atomic E-state index is -0.685. The summed E-state index contributed by atoms with van der Waals surface area (Å²) in [5, 5.41) is 0. The van der Waals surface area contributed by atoms with Gasteiger partial charge in [-0.15, -0.1) is 0 Å². The summed E-state index contributed by atoms with van der Waals surface area (Å²) in [4.78, 5) is 10.6. The van der Waals surface area contributed by atoms with Crippen LogP contribution in [0, 0.1) is 0 Å². The highest BCUT2D eigenvalue weighted by molar-refractivity contribution is 5.74. The molecule has 0 radical (unpaired) electrons. The highest BCUT2D eigenvalue weighted by Gasteiger charge is 1.91. The van der Waals surface area contributed by atoms with Crippen molar-refractivity contribution >= 4 is 6.26 Å². The minimum Gasteiger partial charge on any atom is -0.490 e. The second-order valence-corrected chi connectivity index (χ2v) is 2.23. The molecule has 0 saturated heterocycles. The number of hydrogen-bond acceptors (Lipinski definition) is 2. The van der Waals surface area contributed by atoms with E-state index in [1.165, 1.54) is 0 Å². The van der Waals surface area contributed by atoms with E-state index in [-0.39, 0.29) is 0 Å². The van der Waals surface area contributed by atoms with E-state index in [1.807, 2.05) is 0 Å². The summed E-state index contributed by atoms with van der Waals surface area (Å²) in [5.74, 6) is 0.671. The van der Waals surface area contributed by atoms with Crippen LogP contribution in [0.4, 0.5) is 0 Å². The average molecular weight is 163 g/mol. The van der Waals surface area contributed by atoms with Crippen LogP contribution >= 0.6 is 0 Å². The molecule has 1 rings (SSSR count). The number of hydrogen-bond donors (Lipinski definition) is 0. The third-order valence-corrected chi connectivity index (χ3v) is 1.34. The van der Waals surface area contributed by atoms with Gasteiger partial charge in [-0.05, 0) is 24.3 Å². The summed E-state index contributed by atoms with van der Waals surface area (Å²) in [5.41, 5.74) is 0.367. The van der Waals surface area contributed by atoms with Gasteiger partial charge in [0.2, 0.25) is 0 Å². The molecule has 0 fully saturated rings. The Morgan fingerprint density at radius 2 is 2.17 bits per heavy atom. The lowest BCUT2D eigenvalue weighted by atomic mass is 10.2. The first-order chi connectivity index (χ1) is 6.24. The van der Waals surface area contributed by atoms with Crippen LogP contribution in [0.5, 0.6) is 5.75 Å². The molecule has 0 aliphatic heterocycles. The fraction of sp³-hybridized carbons (Fsp3) is 0.100. The fourth-order valence-corrected chi connectivity index (χ4v) is 0.774. The topological polar surface area (TPSA) is 26.3 Å². The van der Waals surface area contributed by atoms with Crippen LogP contribution in [-0.2, 0) is 0 Å². The van der Waals surface area contributed by atoms with Gasteiger partial charge in [-0.1, -0.05) is 12.7 Å². The van der Waals surface area contributed by atoms with Gasteiger partial charge in [-0.25, -0.2) is 0 Å². The van der Waals surface area contributed by atoms with E-state index >= 15 is 0 Å². The Bertz CT molecular complexity index is 303. The van der Waals surface area contributed by atoms with Gasteiger partial charge in [0.05, 0.1) is 0 Å². The smallest absolute Gasteiger partial charge is 0.150 e. The first kappa shape index (κ1) is 7.10. The Kier molecular flexibility index (Phi) is 2.57. The van der Waals surface area contributed by atoms with Crippen molar-refractivity contribution in [3.05, 3.63) is 42.5 Å². The Hall–Kier alpha value is -1.57. The summed E-state index contributed by atoms with van der Waals surface area (Å²) in [7, 11) is 0. The molecule has 1 aromatic carbocycles. The average Bonchev–Trinajstić information content (AvgIpc) is 2.15. The SMILES string of the molecule is [2H]C(=O)c1ccc(OCC=C)cc1. The maximum atomic E-state index is 10.6. The summed E-state index contributed by atoms with van der Waals surface area (Å²) in [6.45, 7) is 3.95. The van der Waals surface area contributed by atoms with E-state index in [0.29, 0.717) is 17.9 Å². The van der Waals surface area contributed by atoms with Crippen LogP contribution in [-0.4, -0.2) is 12.9 Å². The van der Waals surface area contributed by atoms with E-state index < -0.39 is 6.26 Å². The third kappa shape index (κ3) is 2.23. The zero-order valence-corrected chi connectivity index (χ0v) is 6.62. The number of aldehydes is 1. The molecular weight excluding hydrogens is 152 g/mol. The Balaban J connectivity index is 2.69. The van der Waals surface area contributed by atoms with Gasteiger partial charge < -0.3 is 4.74 Å². The van der Waals surface area contributed by atoms with E-state index in [9.17, 15) is 4.79 Å². The van der Waals surface area contributed by atoms with Crippen molar-refractivity contribution in [1.82, 2.24) is 0 Å². The molecule has 0 heterocycles. The normalized spacial score (nSPS) is 10.2. The fourth-order valence-electron chi connectivity index (χ4n) is 0.774. The van der Waals surface area contributed by atoms with Crippen molar-refractivity contribution in [2.24, 2.45) is 0 Å². The van der Waals surface area contributed by atoms with Gasteiger partial charge in [-0.3, -0.25) is 4.79 Å². The molecule has 0 atom stereocenters. The predicted molar refractivity (Wildman–Crippen MR) is 47.5 cm³/mol. The van der Waals surface area contributed by atoms with Crippen LogP contribution in [0.1, 0.15) is 11.7 Å². The molecule has 0 bridgehead atoms. The lowest BCUT2D eigenvalue weighted by molar-refractivity contribution is 0.112. The van der Waals surface area contributed by atoms with E-state index in [2.05, 4.69) is 6.58 Å². The molecular formula is C10H10O2. The second kappa shape index (κ2) is 4.34. The monoisotopic (exact) mass is 163 g/mol. The molecule has 2 heteroatoms. The zero-order chi connectivity index (χ0) is 9.68. The van der Waals surface area contributed by atoms with Gasteiger partial charge in [0.15, 0.2) is 0 Å². The zero-order valence-electron chi connectivity index (χ0n) is 7.62. The maximum Gasteiger partial charge on any atom is 0.150 e. The summed E-state index contributed by atoms with van der Waals surface area (Å²) < 4.78 is 12.0. The van der Waals surface area contributed by atoms with Crippen LogP contribution in [0.15, 0.2) is 36.9 Å². The quantitative estimate of drug-likeness (QED) is 0.501. The molecule has 0 unspecified atom stereocenters. The maximum absolute atomic E-state index is 10.6. The molecule has 0 N–H and O–H groups in total. The number of carbonyl (C=O) groups is 1. The first-order valence-corrected chi connectivity index (χ1v) is 3.58. The van der Waals surface area contributed by atoms with Crippen LogP contribution in [0.3, 0.4) is 0 Å². The van der Waals surface area contributed by atoms with Crippen molar-refractivity contribution in [2.75, 3.05) is 6.61 Å².